The lowest BCUT2D eigenvalue weighted by Gasteiger charge is -2.26. The maximum atomic E-state index is 11.2. The second-order valence-electron chi connectivity index (χ2n) is 2.73. The molecule has 1 amide bonds. The van der Waals surface area contributed by atoms with Crippen molar-refractivity contribution in [3.63, 3.8) is 0 Å². The SMILES string of the molecule is CC(=O)N1CCNc2sccc21. The molecule has 0 saturated heterocycles. The molecule has 0 atom stereocenters. The number of amides is 1. The molecule has 0 unspecified atom stereocenters. The fraction of sp³-hybridized carbons (Fsp3) is 0.375. The predicted octanol–water partition coefficient (Wildman–Crippen LogP) is 1.53. The van der Waals surface area contributed by atoms with Crippen molar-refractivity contribution >= 4 is 27.9 Å². The smallest absolute Gasteiger partial charge is 0.224 e. The van der Waals surface area contributed by atoms with E-state index in [4.69, 9.17) is 0 Å². The second-order valence-corrected chi connectivity index (χ2v) is 3.65. The van der Waals surface area contributed by atoms with Crippen LogP contribution in [0.2, 0.25) is 0 Å². The lowest BCUT2D eigenvalue weighted by atomic mass is 10.3. The van der Waals surface area contributed by atoms with Gasteiger partial charge >= 0.3 is 0 Å². The van der Waals surface area contributed by atoms with E-state index in [2.05, 4.69) is 5.32 Å². The molecule has 3 nitrogen and oxygen atoms in total. The van der Waals surface area contributed by atoms with Crippen LogP contribution in [-0.2, 0) is 4.79 Å². The Balaban J connectivity index is 2.37. The minimum Gasteiger partial charge on any atom is -0.373 e. The molecule has 0 spiro atoms. The van der Waals surface area contributed by atoms with E-state index >= 15 is 0 Å². The Morgan fingerprint density at radius 1 is 1.75 bits per heavy atom. The summed E-state index contributed by atoms with van der Waals surface area (Å²) in [6.07, 6.45) is 0. The normalized spacial score (nSPS) is 15.2. The van der Waals surface area contributed by atoms with Crippen molar-refractivity contribution in [1.29, 1.82) is 0 Å². The van der Waals surface area contributed by atoms with Crippen LogP contribution in [0.5, 0.6) is 0 Å². The zero-order valence-corrected chi connectivity index (χ0v) is 7.65. The van der Waals surface area contributed by atoms with Gasteiger partial charge in [-0.2, -0.15) is 0 Å². The van der Waals surface area contributed by atoms with Gasteiger partial charge in [-0.25, -0.2) is 0 Å². The quantitative estimate of drug-likeness (QED) is 0.660. The first kappa shape index (κ1) is 7.61. The van der Waals surface area contributed by atoms with Gasteiger partial charge in [0.25, 0.3) is 0 Å². The van der Waals surface area contributed by atoms with Crippen molar-refractivity contribution in [3.8, 4) is 0 Å². The van der Waals surface area contributed by atoms with Gasteiger partial charge in [0.15, 0.2) is 0 Å². The van der Waals surface area contributed by atoms with E-state index in [0.717, 1.165) is 23.8 Å². The third-order valence-electron chi connectivity index (χ3n) is 1.94. The number of carbonyl (C=O) groups excluding carboxylic acids is 1. The van der Waals surface area contributed by atoms with Crippen molar-refractivity contribution in [2.45, 2.75) is 6.92 Å². The summed E-state index contributed by atoms with van der Waals surface area (Å²) in [5, 5.41) is 6.36. The Morgan fingerprint density at radius 2 is 2.58 bits per heavy atom. The van der Waals surface area contributed by atoms with E-state index < -0.39 is 0 Å². The first-order valence-electron chi connectivity index (χ1n) is 3.88. The molecule has 1 aliphatic rings. The first-order valence-corrected chi connectivity index (χ1v) is 4.76. The molecule has 0 aliphatic carbocycles. The standard InChI is InChI=1S/C8H10N2OS/c1-6(11)10-4-3-9-8-7(10)2-5-12-8/h2,5,9H,3-4H2,1H3. The zero-order valence-electron chi connectivity index (χ0n) is 6.83. The van der Waals surface area contributed by atoms with Gasteiger partial charge in [0.2, 0.25) is 5.91 Å². The van der Waals surface area contributed by atoms with Crippen molar-refractivity contribution in [2.24, 2.45) is 0 Å². The van der Waals surface area contributed by atoms with Crippen LogP contribution in [0.15, 0.2) is 11.4 Å². The van der Waals surface area contributed by atoms with Crippen LogP contribution in [0.3, 0.4) is 0 Å². The molecule has 0 radical (unpaired) electrons. The number of fused-ring (bicyclic) bond motifs is 1. The van der Waals surface area contributed by atoms with Crippen LogP contribution in [0, 0.1) is 0 Å². The lowest BCUT2D eigenvalue weighted by molar-refractivity contribution is -0.116. The molecule has 4 heteroatoms. The van der Waals surface area contributed by atoms with Crippen molar-refractivity contribution in [1.82, 2.24) is 0 Å². The number of anilines is 2. The molecule has 0 bridgehead atoms. The van der Waals surface area contributed by atoms with Gasteiger partial charge < -0.3 is 10.2 Å². The molecule has 2 rings (SSSR count). The summed E-state index contributed by atoms with van der Waals surface area (Å²) in [4.78, 5) is 13.0. The van der Waals surface area contributed by atoms with Crippen LogP contribution in [-0.4, -0.2) is 19.0 Å². The Bertz CT molecular complexity index is 308. The average molecular weight is 182 g/mol. The van der Waals surface area contributed by atoms with E-state index in [1.807, 2.05) is 16.3 Å². The third kappa shape index (κ3) is 1.08. The van der Waals surface area contributed by atoms with Gasteiger partial charge in [-0.15, -0.1) is 11.3 Å². The maximum Gasteiger partial charge on any atom is 0.224 e. The fourth-order valence-electron chi connectivity index (χ4n) is 1.38. The molecule has 12 heavy (non-hydrogen) atoms. The van der Waals surface area contributed by atoms with E-state index in [-0.39, 0.29) is 5.91 Å². The topological polar surface area (TPSA) is 32.3 Å². The highest BCUT2D eigenvalue weighted by atomic mass is 32.1. The van der Waals surface area contributed by atoms with Crippen LogP contribution in [0.4, 0.5) is 10.7 Å². The minimum absolute atomic E-state index is 0.121. The highest BCUT2D eigenvalue weighted by Gasteiger charge is 2.19. The largest absolute Gasteiger partial charge is 0.373 e. The Labute approximate surface area is 75.0 Å². The summed E-state index contributed by atoms with van der Waals surface area (Å²) < 4.78 is 0. The molecular weight excluding hydrogens is 172 g/mol. The lowest BCUT2D eigenvalue weighted by Crippen LogP contribution is -2.36. The van der Waals surface area contributed by atoms with Crippen LogP contribution >= 0.6 is 11.3 Å². The fourth-order valence-corrected chi connectivity index (χ4v) is 2.19. The Hall–Kier alpha value is -1.03. The monoisotopic (exact) mass is 182 g/mol. The number of hydrogen-bond donors (Lipinski definition) is 1. The van der Waals surface area contributed by atoms with E-state index in [0.29, 0.717) is 0 Å². The van der Waals surface area contributed by atoms with Gasteiger partial charge in [-0.1, -0.05) is 0 Å². The third-order valence-corrected chi connectivity index (χ3v) is 2.80. The van der Waals surface area contributed by atoms with Crippen LogP contribution < -0.4 is 10.2 Å². The first-order chi connectivity index (χ1) is 5.79. The molecule has 0 saturated carbocycles. The van der Waals surface area contributed by atoms with E-state index in [9.17, 15) is 4.79 Å². The predicted molar refractivity (Wildman–Crippen MR) is 50.8 cm³/mol. The molecule has 1 aromatic rings. The van der Waals surface area contributed by atoms with Crippen molar-refractivity contribution < 1.29 is 4.79 Å². The highest BCUT2D eigenvalue weighted by Crippen LogP contribution is 2.33. The number of nitrogens with one attached hydrogen (secondary N) is 1. The number of nitrogens with zero attached hydrogens (tertiary/aromatic N) is 1. The van der Waals surface area contributed by atoms with E-state index in [1.165, 1.54) is 0 Å². The summed E-state index contributed by atoms with van der Waals surface area (Å²) in [5.41, 5.74) is 1.03. The molecule has 0 fully saturated rings. The number of thiophene rings is 1. The summed E-state index contributed by atoms with van der Waals surface area (Å²) in [7, 11) is 0. The Kier molecular flexibility index (Phi) is 1.77. The van der Waals surface area contributed by atoms with Crippen molar-refractivity contribution in [2.75, 3.05) is 23.3 Å². The molecular formula is C8H10N2OS. The number of rotatable bonds is 0. The van der Waals surface area contributed by atoms with Gasteiger partial charge in [0, 0.05) is 20.0 Å². The van der Waals surface area contributed by atoms with Crippen LogP contribution in [0.1, 0.15) is 6.92 Å². The summed E-state index contributed by atoms with van der Waals surface area (Å²) >= 11 is 1.64. The molecule has 1 aromatic heterocycles. The van der Waals surface area contributed by atoms with Gasteiger partial charge in [0.05, 0.1) is 5.69 Å². The van der Waals surface area contributed by atoms with Crippen LogP contribution in [0.25, 0.3) is 0 Å². The van der Waals surface area contributed by atoms with Gasteiger partial charge in [-0.05, 0) is 11.4 Å². The number of hydrogen-bond acceptors (Lipinski definition) is 3. The average Bonchev–Trinajstić information content (AvgIpc) is 2.49. The molecule has 2 heterocycles. The maximum absolute atomic E-state index is 11.2. The molecule has 1 aliphatic heterocycles. The van der Waals surface area contributed by atoms with Crippen molar-refractivity contribution in [3.05, 3.63) is 11.4 Å². The molecule has 64 valence electrons. The Morgan fingerprint density at radius 3 is 3.33 bits per heavy atom. The van der Waals surface area contributed by atoms with E-state index in [1.54, 1.807) is 18.3 Å². The number of carbonyl (C=O) groups is 1. The highest BCUT2D eigenvalue weighted by molar-refractivity contribution is 7.15. The zero-order chi connectivity index (χ0) is 8.55. The van der Waals surface area contributed by atoms with Gasteiger partial charge in [0.1, 0.15) is 5.00 Å². The summed E-state index contributed by atoms with van der Waals surface area (Å²) in [6.45, 7) is 3.24. The summed E-state index contributed by atoms with van der Waals surface area (Å²) in [5.74, 6) is 0.121. The molecule has 0 aromatic carbocycles. The van der Waals surface area contributed by atoms with Gasteiger partial charge in [-0.3, -0.25) is 4.79 Å². The minimum atomic E-state index is 0.121. The molecule has 1 N–H and O–H groups in total. The summed E-state index contributed by atoms with van der Waals surface area (Å²) in [6, 6.07) is 1.98. The second kappa shape index (κ2) is 2.79.